The summed E-state index contributed by atoms with van der Waals surface area (Å²) in [6.07, 6.45) is -1.05. The number of methoxy groups -OCH3 is 1. The first kappa shape index (κ1) is 11.2. The Bertz CT molecular complexity index is 442. The van der Waals surface area contributed by atoms with Crippen molar-refractivity contribution >= 4 is 17.6 Å². The molecule has 0 aromatic heterocycles. The van der Waals surface area contributed by atoms with Crippen LogP contribution >= 0.6 is 11.6 Å². The van der Waals surface area contributed by atoms with E-state index in [1.54, 1.807) is 18.2 Å². The molecule has 0 fully saturated rings. The number of ether oxygens (including phenoxy) is 2. The first-order valence-corrected chi connectivity index (χ1v) is 5.11. The molecule has 2 rings (SSSR count). The SMILES string of the molecule is COC(=O)[C@H]1Oc2ccc(Cl)cc2[C@@]1(C)O. The van der Waals surface area contributed by atoms with E-state index < -0.39 is 17.7 Å². The van der Waals surface area contributed by atoms with Crippen LogP contribution in [0.5, 0.6) is 5.75 Å². The molecule has 0 saturated heterocycles. The zero-order valence-corrected chi connectivity index (χ0v) is 9.62. The van der Waals surface area contributed by atoms with E-state index in [2.05, 4.69) is 4.74 Å². The topological polar surface area (TPSA) is 55.8 Å². The quantitative estimate of drug-likeness (QED) is 0.758. The van der Waals surface area contributed by atoms with E-state index in [0.717, 1.165) is 0 Å². The summed E-state index contributed by atoms with van der Waals surface area (Å²) in [7, 11) is 1.25. The molecule has 0 radical (unpaired) electrons. The second kappa shape index (κ2) is 3.64. The maximum Gasteiger partial charge on any atom is 0.350 e. The molecule has 0 amide bonds. The summed E-state index contributed by atoms with van der Waals surface area (Å²) in [6, 6.07) is 4.84. The van der Waals surface area contributed by atoms with Crippen LogP contribution in [-0.4, -0.2) is 24.3 Å². The van der Waals surface area contributed by atoms with Crippen LogP contribution in [-0.2, 0) is 15.1 Å². The van der Waals surface area contributed by atoms with Gasteiger partial charge in [0.1, 0.15) is 11.4 Å². The summed E-state index contributed by atoms with van der Waals surface area (Å²) in [5.41, 5.74) is -0.928. The average molecular weight is 243 g/mol. The van der Waals surface area contributed by atoms with Gasteiger partial charge in [0.25, 0.3) is 0 Å². The molecule has 86 valence electrons. The highest BCUT2D eigenvalue weighted by molar-refractivity contribution is 6.30. The smallest absolute Gasteiger partial charge is 0.350 e. The molecule has 1 heterocycles. The number of aliphatic hydroxyl groups is 1. The number of carbonyl (C=O) groups excluding carboxylic acids is 1. The lowest BCUT2D eigenvalue weighted by Crippen LogP contribution is -2.42. The van der Waals surface area contributed by atoms with Crippen molar-refractivity contribution < 1.29 is 19.4 Å². The molecule has 4 nitrogen and oxygen atoms in total. The van der Waals surface area contributed by atoms with Crippen molar-refractivity contribution in [3.8, 4) is 5.75 Å². The number of fused-ring (bicyclic) bond motifs is 1. The predicted molar refractivity (Wildman–Crippen MR) is 57.5 cm³/mol. The van der Waals surface area contributed by atoms with Gasteiger partial charge in [0.15, 0.2) is 0 Å². The largest absolute Gasteiger partial charge is 0.475 e. The molecule has 1 N–H and O–H groups in total. The molecule has 0 spiro atoms. The Hall–Kier alpha value is -1.26. The van der Waals surface area contributed by atoms with Crippen LogP contribution in [0.4, 0.5) is 0 Å². The second-order valence-corrected chi connectivity index (χ2v) is 4.25. The average Bonchev–Trinajstić information content (AvgIpc) is 2.50. The fourth-order valence-electron chi connectivity index (χ4n) is 1.77. The standard InChI is InChI=1S/C11H11ClO4/c1-11(14)7-5-6(12)3-4-8(7)16-9(11)10(13)15-2/h3-5,9,14H,1-2H3/t9-,11-/m1/s1. The predicted octanol–water partition coefficient (Wildman–Crippen LogP) is 1.48. The van der Waals surface area contributed by atoms with E-state index >= 15 is 0 Å². The number of halogens is 1. The van der Waals surface area contributed by atoms with Gasteiger partial charge in [-0.05, 0) is 25.1 Å². The lowest BCUT2D eigenvalue weighted by Gasteiger charge is -2.22. The van der Waals surface area contributed by atoms with E-state index in [0.29, 0.717) is 16.3 Å². The summed E-state index contributed by atoms with van der Waals surface area (Å²) in [5, 5.41) is 10.7. The van der Waals surface area contributed by atoms with Crippen molar-refractivity contribution in [3.63, 3.8) is 0 Å². The van der Waals surface area contributed by atoms with Crippen LogP contribution in [0.25, 0.3) is 0 Å². The van der Waals surface area contributed by atoms with Gasteiger partial charge in [-0.25, -0.2) is 4.79 Å². The molecule has 0 unspecified atom stereocenters. The molecule has 1 aromatic carbocycles. The van der Waals surface area contributed by atoms with Crippen LogP contribution in [0.2, 0.25) is 5.02 Å². The third kappa shape index (κ3) is 1.54. The van der Waals surface area contributed by atoms with Crippen molar-refractivity contribution in [1.82, 2.24) is 0 Å². The third-order valence-electron chi connectivity index (χ3n) is 2.66. The lowest BCUT2D eigenvalue weighted by molar-refractivity contribution is -0.158. The molecule has 0 aliphatic carbocycles. The monoisotopic (exact) mass is 242 g/mol. The number of carbonyl (C=O) groups is 1. The summed E-state index contributed by atoms with van der Waals surface area (Å²) in [4.78, 5) is 11.4. The zero-order valence-electron chi connectivity index (χ0n) is 8.86. The van der Waals surface area contributed by atoms with Crippen molar-refractivity contribution in [1.29, 1.82) is 0 Å². The summed E-state index contributed by atoms with van der Waals surface area (Å²) in [6.45, 7) is 1.50. The minimum Gasteiger partial charge on any atom is -0.475 e. The third-order valence-corrected chi connectivity index (χ3v) is 2.89. The minimum atomic E-state index is -1.42. The van der Waals surface area contributed by atoms with Crippen molar-refractivity contribution in [2.24, 2.45) is 0 Å². The van der Waals surface area contributed by atoms with Crippen molar-refractivity contribution in [2.45, 2.75) is 18.6 Å². The Morgan fingerprint density at radius 3 is 2.94 bits per heavy atom. The van der Waals surface area contributed by atoms with Crippen LogP contribution in [0, 0.1) is 0 Å². The first-order chi connectivity index (χ1) is 7.46. The van der Waals surface area contributed by atoms with E-state index in [9.17, 15) is 9.90 Å². The second-order valence-electron chi connectivity index (χ2n) is 3.81. The Kier molecular flexibility index (Phi) is 2.56. The molecule has 1 aliphatic rings. The zero-order chi connectivity index (χ0) is 11.9. The lowest BCUT2D eigenvalue weighted by atomic mass is 9.92. The van der Waals surface area contributed by atoms with E-state index in [4.69, 9.17) is 16.3 Å². The van der Waals surface area contributed by atoms with Crippen LogP contribution in [0.1, 0.15) is 12.5 Å². The Labute approximate surface area is 97.7 Å². The van der Waals surface area contributed by atoms with E-state index in [-0.39, 0.29) is 0 Å². The maximum absolute atomic E-state index is 11.4. The van der Waals surface area contributed by atoms with E-state index in [1.165, 1.54) is 14.0 Å². The highest BCUT2D eigenvalue weighted by Crippen LogP contribution is 2.42. The van der Waals surface area contributed by atoms with Crippen molar-refractivity contribution in [3.05, 3.63) is 28.8 Å². The Morgan fingerprint density at radius 1 is 1.62 bits per heavy atom. The molecule has 16 heavy (non-hydrogen) atoms. The molecule has 1 aliphatic heterocycles. The van der Waals surface area contributed by atoms with E-state index in [1.807, 2.05) is 0 Å². The van der Waals surface area contributed by atoms with Gasteiger partial charge in [0.2, 0.25) is 6.10 Å². The van der Waals surface area contributed by atoms with Gasteiger partial charge in [-0.1, -0.05) is 11.6 Å². The van der Waals surface area contributed by atoms with Crippen molar-refractivity contribution in [2.75, 3.05) is 7.11 Å². The van der Waals surface area contributed by atoms with Gasteiger partial charge in [-0.3, -0.25) is 0 Å². The van der Waals surface area contributed by atoms with Gasteiger partial charge in [-0.2, -0.15) is 0 Å². The number of esters is 1. The Balaban J connectivity index is 2.46. The molecule has 0 bridgehead atoms. The fraction of sp³-hybridized carbons (Fsp3) is 0.364. The van der Waals surface area contributed by atoms with Gasteiger partial charge in [-0.15, -0.1) is 0 Å². The molecule has 5 heteroatoms. The molecule has 1 aromatic rings. The van der Waals surface area contributed by atoms with Crippen LogP contribution in [0.15, 0.2) is 18.2 Å². The maximum atomic E-state index is 11.4. The summed E-state index contributed by atoms with van der Waals surface area (Å²) < 4.78 is 9.92. The van der Waals surface area contributed by atoms with Crippen LogP contribution < -0.4 is 4.74 Å². The van der Waals surface area contributed by atoms with Gasteiger partial charge in [0, 0.05) is 10.6 Å². The number of rotatable bonds is 1. The first-order valence-electron chi connectivity index (χ1n) is 4.73. The molecular weight excluding hydrogens is 232 g/mol. The summed E-state index contributed by atoms with van der Waals surface area (Å²) in [5.74, 6) is -0.165. The molecule has 0 saturated carbocycles. The number of hydrogen-bond donors (Lipinski definition) is 1. The van der Waals surface area contributed by atoms with Crippen LogP contribution in [0.3, 0.4) is 0 Å². The highest BCUT2D eigenvalue weighted by atomic mass is 35.5. The highest BCUT2D eigenvalue weighted by Gasteiger charge is 2.49. The molecular formula is C11H11ClO4. The molecule has 2 atom stereocenters. The summed E-state index contributed by atoms with van der Waals surface area (Å²) >= 11 is 5.83. The number of benzene rings is 1. The van der Waals surface area contributed by atoms with Gasteiger partial charge >= 0.3 is 5.97 Å². The van der Waals surface area contributed by atoms with Gasteiger partial charge < -0.3 is 14.6 Å². The Morgan fingerprint density at radius 2 is 2.31 bits per heavy atom. The van der Waals surface area contributed by atoms with Gasteiger partial charge in [0.05, 0.1) is 7.11 Å². The normalized spacial score (nSPS) is 27.1. The fourth-order valence-corrected chi connectivity index (χ4v) is 1.94. The minimum absolute atomic E-state index is 0.449. The number of hydrogen-bond acceptors (Lipinski definition) is 4.